The van der Waals surface area contributed by atoms with Crippen LogP contribution in [0.4, 0.5) is 0 Å². The van der Waals surface area contributed by atoms with Crippen molar-refractivity contribution in [3.8, 4) is 0 Å². The number of fused-ring (bicyclic) bond motifs is 1. The molecule has 0 spiro atoms. The summed E-state index contributed by atoms with van der Waals surface area (Å²) in [5, 5.41) is 2.79. The molecule has 7 heteroatoms. The van der Waals surface area contributed by atoms with Crippen molar-refractivity contribution in [3.63, 3.8) is 0 Å². The Morgan fingerprint density at radius 1 is 1.29 bits per heavy atom. The third kappa shape index (κ3) is 2.68. The van der Waals surface area contributed by atoms with Crippen molar-refractivity contribution in [1.29, 1.82) is 0 Å². The maximum absolute atomic E-state index is 12.3. The van der Waals surface area contributed by atoms with E-state index in [-0.39, 0.29) is 11.6 Å². The molecule has 2 heterocycles. The standard InChI is InChI=1S/C17H17N5O2/c1-9(14-20-12-4-2-3-5-13(12)21-14)19-16(23)11-8-18-15(10-6-7-10)22-17(11)24/h2-5,8-10H,6-7H2,1H3,(H,19,23)(H,20,21)(H,18,22,24)/t9-/m0/s1. The quantitative estimate of drug-likeness (QED) is 0.683. The molecule has 122 valence electrons. The van der Waals surface area contributed by atoms with Crippen molar-refractivity contribution >= 4 is 16.9 Å². The molecule has 1 saturated carbocycles. The molecule has 0 saturated heterocycles. The molecule has 1 fully saturated rings. The number of imidazole rings is 1. The second-order valence-corrected chi connectivity index (χ2v) is 6.12. The predicted octanol–water partition coefficient (Wildman–Crippen LogP) is 2.01. The van der Waals surface area contributed by atoms with E-state index in [1.165, 1.54) is 6.20 Å². The summed E-state index contributed by atoms with van der Waals surface area (Å²) < 4.78 is 0. The zero-order valence-electron chi connectivity index (χ0n) is 13.2. The number of nitrogens with zero attached hydrogens (tertiary/aromatic N) is 2. The summed E-state index contributed by atoms with van der Waals surface area (Å²) in [4.78, 5) is 39.0. The van der Waals surface area contributed by atoms with Gasteiger partial charge in [0, 0.05) is 12.1 Å². The Morgan fingerprint density at radius 3 is 2.79 bits per heavy atom. The normalized spacial score (nSPS) is 15.4. The number of H-pyrrole nitrogens is 2. The number of carbonyl (C=O) groups is 1. The highest BCUT2D eigenvalue weighted by Gasteiger charge is 2.27. The molecular weight excluding hydrogens is 306 g/mol. The van der Waals surface area contributed by atoms with Gasteiger partial charge in [-0.25, -0.2) is 9.97 Å². The minimum atomic E-state index is -0.459. The van der Waals surface area contributed by atoms with Crippen LogP contribution in [0.25, 0.3) is 11.0 Å². The van der Waals surface area contributed by atoms with E-state index in [1.54, 1.807) is 0 Å². The van der Waals surface area contributed by atoms with Crippen LogP contribution in [0, 0.1) is 0 Å². The van der Waals surface area contributed by atoms with Crippen molar-refractivity contribution in [2.45, 2.75) is 31.7 Å². The van der Waals surface area contributed by atoms with Gasteiger partial charge in [0.15, 0.2) is 0 Å². The van der Waals surface area contributed by atoms with Gasteiger partial charge in [-0.05, 0) is 31.9 Å². The van der Waals surface area contributed by atoms with Crippen LogP contribution in [0.3, 0.4) is 0 Å². The first kappa shape index (κ1) is 14.6. The van der Waals surface area contributed by atoms with Gasteiger partial charge >= 0.3 is 0 Å². The van der Waals surface area contributed by atoms with Gasteiger partial charge in [-0.1, -0.05) is 12.1 Å². The maximum Gasteiger partial charge on any atom is 0.263 e. The van der Waals surface area contributed by atoms with E-state index in [4.69, 9.17) is 0 Å². The van der Waals surface area contributed by atoms with E-state index in [2.05, 4.69) is 25.3 Å². The number of para-hydroxylation sites is 2. The van der Waals surface area contributed by atoms with E-state index in [9.17, 15) is 9.59 Å². The number of rotatable bonds is 4. The molecule has 1 amide bonds. The number of benzene rings is 1. The molecule has 1 aliphatic rings. The number of nitrogens with one attached hydrogen (secondary N) is 3. The fraction of sp³-hybridized carbons (Fsp3) is 0.294. The third-order valence-electron chi connectivity index (χ3n) is 4.19. The Balaban J connectivity index is 1.53. The Labute approximate surface area is 137 Å². The molecule has 3 N–H and O–H groups in total. The van der Waals surface area contributed by atoms with Gasteiger partial charge < -0.3 is 15.3 Å². The van der Waals surface area contributed by atoms with Crippen LogP contribution in [0.1, 0.15) is 53.7 Å². The first-order chi connectivity index (χ1) is 11.6. The highest BCUT2D eigenvalue weighted by atomic mass is 16.2. The Hall–Kier alpha value is -2.96. The number of carbonyl (C=O) groups excluding carboxylic acids is 1. The second kappa shape index (κ2) is 5.59. The van der Waals surface area contributed by atoms with Gasteiger partial charge in [0.2, 0.25) is 0 Å². The summed E-state index contributed by atoms with van der Waals surface area (Å²) in [6.45, 7) is 1.82. The molecule has 4 rings (SSSR count). The average molecular weight is 323 g/mol. The van der Waals surface area contributed by atoms with Crippen LogP contribution in [0.5, 0.6) is 0 Å². The summed E-state index contributed by atoms with van der Waals surface area (Å²) in [6, 6.07) is 7.29. The Bertz CT molecular complexity index is 937. The van der Waals surface area contributed by atoms with Crippen LogP contribution in [0.2, 0.25) is 0 Å². The molecule has 1 aromatic carbocycles. The van der Waals surface area contributed by atoms with Crippen LogP contribution in [-0.2, 0) is 0 Å². The zero-order chi connectivity index (χ0) is 16.7. The average Bonchev–Trinajstić information content (AvgIpc) is 3.32. The number of hydrogen-bond acceptors (Lipinski definition) is 4. The Kier molecular flexibility index (Phi) is 3.41. The lowest BCUT2D eigenvalue weighted by molar-refractivity contribution is 0.0936. The van der Waals surface area contributed by atoms with Crippen LogP contribution >= 0.6 is 0 Å². The number of hydrogen-bond donors (Lipinski definition) is 3. The first-order valence-electron chi connectivity index (χ1n) is 7.96. The predicted molar refractivity (Wildman–Crippen MR) is 88.8 cm³/mol. The summed E-state index contributed by atoms with van der Waals surface area (Å²) in [7, 11) is 0. The highest BCUT2D eigenvalue weighted by molar-refractivity contribution is 5.93. The van der Waals surface area contributed by atoms with Crippen LogP contribution in [-0.4, -0.2) is 25.8 Å². The largest absolute Gasteiger partial charge is 0.342 e. The van der Waals surface area contributed by atoms with Gasteiger partial charge in [0.05, 0.1) is 17.1 Å². The van der Waals surface area contributed by atoms with Gasteiger partial charge in [-0.15, -0.1) is 0 Å². The topological polar surface area (TPSA) is 104 Å². The monoisotopic (exact) mass is 323 g/mol. The minimum absolute atomic E-state index is 0.0161. The lowest BCUT2D eigenvalue weighted by Crippen LogP contribution is -2.32. The SMILES string of the molecule is C[C@H](NC(=O)c1cnc(C2CC2)[nH]c1=O)c1nc2ccccc2[nH]1. The van der Waals surface area contributed by atoms with E-state index in [1.807, 2.05) is 31.2 Å². The van der Waals surface area contributed by atoms with Gasteiger partial charge in [-0.2, -0.15) is 0 Å². The second-order valence-electron chi connectivity index (χ2n) is 6.12. The lowest BCUT2D eigenvalue weighted by atomic mass is 10.2. The van der Waals surface area contributed by atoms with E-state index < -0.39 is 11.5 Å². The highest BCUT2D eigenvalue weighted by Crippen LogP contribution is 2.37. The van der Waals surface area contributed by atoms with Crippen molar-refractivity contribution in [2.24, 2.45) is 0 Å². The number of amides is 1. The molecular formula is C17H17N5O2. The van der Waals surface area contributed by atoms with Crippen LogP contribution < -0.4 is 10.9 Å². The van der Waals surface area contributed by atoms with Crippen LogP contribution in [0.15, 0.2) is 35.3 Å². The molecule has 24 heavy (non-hydrogen) atoms. The molecule has 3 aromatic rings. The van der Waals surface area contributed by atoms with Crippen molar-refractivity contribution in [1.82, 2.24) is 25.3 Å². The molecule has 0 radical (unpaired) electrons. The molecule has 0 bridgehead atoms. The van der Waals surface area contributed by atoms with Gasteiger partial charge in [0.25, 0.3) is 11.5 Å². The lowest BCUT2D eigenvalue weighted by Gasteiger charge is -2.11. The molecule has 1 aliphatic carbocycles. The first-order valence-corrected chi connectivity index (χ1v) is 7.96. The van der Waals surface area contributed by atoms with Crippen molar-refractivity contribution in [2.75, 3.05) is 0 Å². The molecule has 2 aromatic heterocycles. The smallest absolute Gasteiger partial charge is 0.263 e. The van der Waals surface area contributed by atoms with E-state index in [0.29, 0.717) is 17.6 Å². The number of aromatic nitrogens is 4. The molecule has 7 nitrogen and oxygen atoms in total. The van der Waals surface area contributed by atoms with E-state index >= 15 is 0 Å². The molecule has 1 atom stereocenters. The molecule has 0 unspecified atom stereocenters. The summed E-state index contributed by atoms with van der Waals surface area (Å²) in [5.41, 5.74) is 1.35. The fourth-order valence-corrected chi connectivity index (χ4v) is 2.65. The molecule has 0 aliphatic heterocycles. The van der Waals surface area contributed by atoms with Crippen molar-refractivity contribution in [3.05, 3.63) is 58.0 Å². The summed E-state index contributed by atoms with van der Waals surface area (Å²) >= 11 is 0. The maximum atomic E-state index is 12.3. The van der Waals surface area contributed by atoms with Crippen molar-refractivity contribution < 1.29 is 4.79 Å². The van der Waals surface area contributed by atoms with E-state index in [0.717, 1.165) is 23.9 Å². The van der Waals surface area contributed by atoms with Gasteiger partial charge in [0.1, 0.15) is 17.2 Å². The third-order valence-corrected chi connectivity index (χ3v) is 4.19. The summed E-state index contributed by atoms with van der Waals surface area (Å²) in [5.74, 6) is 1.19. The Morgan fingerprint density at radius 2 is 2.08 bits per heavy atom. The van der Waals surface area contributed by atoms with Gasteiger partial charge in [-0.3, -0.25) is 9.59 Å². The fourth-order valence-electron chi connectivity index (χ4n) is 2.65. The number of aromatic amines is 2. The zero-order valence-corrected chi connectivity index (χ0v) is 13.2. The summed E-state index contributed by atoms with van der Waals surface area (Å²) in [6.07, 6.45) is 3.43. The minimum Gasteiger partial charge on any atom is -0.342 e.